The molecule has 0 unspecified atom stereocenters. The van der Waals surface area contributed by atoms with Crippen molar-refractivity contribution < 1.29 is 14.6 Å². The summed E-state index contributed by atoms with van der Waals surface area (Å²) in [4.78, 5) is 16.2. The number of hydrogen-bond donors (Lipinski definition) is 1. The van der Waals surface area contributed by atoms with E-state index < -0.39 is 5.97 Å². The molecule has 1 aliphatic rings. The molecule has 2 aromatic heterocycles. The molecule has 1 N–H and O–H groups in total. The summed E-state index contributed by atoms with van der Waals surface area (Å²) in [6, 6.07) is 9.91. The van der Waals surface area contributed by atoms with Crippen molar-refractivity contribution in [1.82, 2.24) is 14.8 Å². The molecule has 28 heavy (non-hydrogen) atoms. The highest BCUT2D eigenvalue weighted by atomic mass is 16.5. The molecular weight excluding hydrogens is 354 g/mol. The number of pyridine rings is 1. The van der Waals surface area contributed by atoms with Crippen LogP contribution in [0.3, 0.4) is 0 Å². The third-order valence-corrected chi connectivity index (χ3v) is 5.23. The lowest BCUT2D eigenvalue weighted by atomic mass is 9.85. The van der Waals surface area contributed by atoms with Gasteiger partial charge in [-0.15, -0.1) is 0 Å². The van der Waals surface area contributed by atoms with Crippen LogP contribution in [0.1, 0.15) is 36.8 Å². The first kappa shape index (κ1) is 18.4. The Labute approximate surface area is 163 Å². The van der Waals surface area contributed by atoms with E-state index in [1.165, 1.54) is 6.08 Å². The van der Waals surface area contributed by atoms with Gasteiger partial charge < -0.3 is 9.84 Å². The van der Waals surface area contributed by atoms with Crippen LogP contribution in [0.5, 0.6) is 0 Å². The molecule has 0 aliphatic carbocycles. The van der Waals surface area contributed by atoms with Gasteiger partial charge in [0.05, 0.1) is 11.9 Å². The number of nitrogens with zero attached hydrogens (tertiary/aromatic N) is 3. The largest absolute Gasteiger partial charge is 0.478 e. The van der Waals surface area contributed by atoms with Crippen molar-refractivity contribution in [3.8, 4) is 11.3 Å². The number of aromatic nitrogens is 3. The monoisotopic (exact) mass is 377 g/mol. The Balaban J connectivity index is 2.04. The molecule has 0 amide bonds. The molecule has 0 radical (unpaired) electrons. The van der Waals surface area contributed by atoms with Crippen LogP contribution in [0.4, 0.5) is 0 Å². The number of carboxylic acids is 1. The van der Waals surface area contributed by atoms with Crippen molar-refractivity contribution >= 4 is 23.1 Å². The SMILES string of the molecule is CCn1ncc2c(C3CCOCC3)c(C=CC(=O)O)c(-c3ccccc3)nc21. The Morgan fingerprint density at radius 2 is 2.04 bits per heavy atom. The third kappa shape index (κ3) is 3.43. The molecule has 1 saturated heterocycles. The molecule has 0 saturated carbocycles. The van der Waals surface area contributed by atoms with Crippen LogP contribution in [0, 0.1) is 0 Å². The number of carbonyl (C=O) groups is 1. The van der Waals surface area contributed by atoms with Gasteiger partial charge in [0.2, 0.25) is 0 Å². The van der Waals surface area contributed by atoms with Gasteiger partial charge in [0.1, 0.15) is 0 Å². The number of benzene rings is 1. The maximum Gasteiger partial charge on any atom is 0.328 e. The second-order valence-electron chi connectivity index (χ2n) is 6.91. The average Bonchev–Trinajstić information content (AvgIpc) is 3.15. The van der Waals surface area contributed by atoms with Crippen LogP contribution < -0.4 is 0 Å². The van der Waals surface area contributed by atoms with Gasteiger partial charge in [-0.25, -0.2) is 14.5 Å². The van der Waals surface area contributed by atoms with E-state index in [1.807, 2.05) is 48.1 Å². The fourth-order valence-electron chi connectivity index (χ4n) is 3.92. The lowest BCUT2D eigenvalue weighted by Crippen LogP contribution is -2.16. The molecule has 1 aliphatic heterocycles. The lowest BCUT2D eigenvalue weighted by molar-refractivity contribution is -0.131. The first-order valence-corrected chi connectivity index (χ1v) is 9.62. The Bertz CT molecular complexity index is 1020. The van der Waals surface area contributed by atoms with E-state index in [0.717, 1.165) is 52.8 Å². The molecule has 0 spiro atoms. The summed E-state index contributed by atoms with van der Waals surface area (Å²) >= 11 is 0. The van der Waals surface area contributed by atoms with Crippen LogP contribution in [0.15, 0.2) is 42.6 Å². The Kier molecular flexibility index (Phi) is 5.21. The summed E-state index contributed by atoms with van der Waals surface area (Å²) in [5.41, 5.74) is 4.59. The van der Waals surface area contributed by atoms with Crippen LogP contribution in [-0.4, -0.2) is 39.1 Å². The second-order valence-corrected chi connectivity index (χ2v) is 6.91. The molecular formula is C22H23N3O3. The van der Waals surface area contributed by atoms with Crippen molar-refractivity contribution in [2.75, 3.05) is 13.2 Å². The summed E-state index contributed by atoms with van der Waals surface area (Å²) in [6.07, 6.45) is 6.55. The zero-order chi connectivity index (χ0) is 19.5. The molecule has 0 bridgehead atoms. The van der Waals surface area contributed by atoms with Gasteiger partial charge in [-0.05, 0) is 37.3 Å². The molecule has 6 heteroatoms. The second kappa shape index (κ2) is 7.94. The minimum absolute atomic E-state index is 0.282. The fraction of sp³-hybridized carbons (Fsp3) is 0.318. The van der Waals surface area contributed by atoms with E-state index in [9.17, 15) is 9.90 Å². The molecule has 0 atom stereocenters. The van der Waals surface area contributed by atoms with Crippen LogP contribution in [0.25, 0.3) is 28.4 Å². The predicted molar refractivity (Wildman–Crippen MR) is 108 cm³/mol. The molecule has 1 aromatic carbocycles. The van der Waals surface area contributed by atoms with Gasteiger partial charge in [-0.1, -0.05) is 30.3 Å². The van der Waals surface area contributed by atoms with Crippen molar-refractivity contribution in [3.63, 3.8) is 0 Å². The Morgan fingerprint density at radius 1 is 1.29 bits per heavy atom. The minimum atomic E-state index is -0.971. The van der Waals surface area contributed by atoms with Crippen LogP contribution in [-0.2, 0) is 16.1 Å². The van der Waals surface area contributed by atoms with Gasteiger partial charge in [0, 0.05) is 42.3 Å². The molecule has 1 fully saturated rings. The lowest BCUT2D eigenvalue weighted by Gasteiger charge is -2.25. The van der Waals surface area contributed by atoms with Gasteiger partial charge in [-0.2, -0.15) is 5.10 Å². The average molecular weight is 377 g/mol. The van der Waals surface area contributed by atoms with E-state index in [2.05, 4.69) is 5.10 Å². The number of ether oxygens (including phenoxy) is 1. The van der Waals surface area contributed by atoms with Crippen molar-refractivity contribution in [2.45, 2.75) is 32.2 Å². The topological polar surface area (TPSA) is 77.2 Å². The van der Waals surface area contributed by atoms with Crippen molar-refractivity contribution in [3.05, 3.63) is 53.7 Å². The predicted octanol–water partition coefficient (Wildman–Crippen LogP) is 4.11. The maximum atomic E-state index is 11.3. The molecule has 3 heterocycles. The number of carboxylic acid groups (broad SMARTS) is 1. The van der Waals surface area contributed by atoms with E-state index in [0.29, 0.717) is 13.2 Å². The number of fused-ring (bicyclic) bond motifs is 1. The zero-order valence-electron chi connectivity index (χ0n) is 15.8. The standard InChI is InChI=1S/C22H23N3O3/c1-2-25-22-18(14-23-25)20(15-10-12-28-13-11-15)17(8-9-19(26)27)21(24-22)16-6-4-3-5-7-16/h3-9,14-15H,2,10-13H2,1H3,(H,26,27). The van der Waals surface area contributed by atoms with Gasteiger partial charge in [0.15, 0.2) is 5.65 Å². The highest BCUT2D eigenvalue weighted by Gasteiger charge is 2.25. The molecule has 6 nitrogen and oxygen atoms in total. The van der Waals surface area contributed by atoms with Crippen molar-refractivity contribution in [1.29, 1.82) is 0 Å². The first-order chi connectivity index (χ1) is 13.7. The summed E-state index contributed by atoms with van der Waals surface area (Å²) < 4.78 is 7.46. The highest BCUT2D eigenvalue weighted by molar-refractivity contribution is 5.93. The van der Waals surface area contributed by atoms with E-state index in [1.54, 1.807) is 6.08 Å². The Morgan fingerprint density at radius 3 is 2.71 bits per heavy atom. The van der Waals surface area contributed by atoms with Crippen LogP contribution in [0.2, 0.25) is 0 Å². The van der Waals surface area contributed by atoms with E-state index >= 15 is 0 Å². The van der Waals surface area contributed by atoms with Crippen LogP contribution >= 0.6 is 0 Å². The van der Waals surface area contributed by atoms with Gasteiger partial charge in [0.25, 0.3) is 0 Å². The summed E-state index contributed by atoms with van der Waals surface area (Å²) in [6.45, 7) is 4.18. The summed E-state index contributed by atoms with van der Waals surface area (Å²) in [5, 5.41) is 14.8. The number of aryl methyl sites for hydroxylation is 1. The quantitative estimate of drug-likeness (QED) is 0.677. The number of rotatable bonds is 5. The third-order valence-electron chi connectivity index (χ3n) is 5.23. The van der Waals surface area contributed by atoms with Crippen molar-refractivity contribution in [2.24, 2.45) is 0 Å². The summed E-state index contributed by atoms with van der Waals surface area (Å²) in [5.74, 6) is -0.689. The minimum Gasteiger partial charge on any atom is -0.478 e. The Hall–Kier alpha value is -2.99. The molecule has 3 aromatic rings. The molecule has 4 rings (SSSR count). The van der Waals surface area contributed by atoms with E-state index in [-0.39, 0.29) is 5.92 Å². The normalized spacial score (nSPS) is 15.5. The number of aliphatic carboxylic acids is 1. The zero-order valence-corrected chi connectivity index (χ0v) is 15.8. The smallest absolute Gasteiger partial charge is 0.328 e. The number of hydrogen-bond acceptors (Lipinski definition) is 4. The fourth-order valence-corrected chi connectivity index (χ4v) is 3.92. The van der Waals surface area contributed by atoms with Gasteiger partial charge >= 0.3 is 5.97 Å². The summed E-state index contributed by atoms with van der Waals surface area (Å²) in [7, 11) is 0. The van der Waals surface area contributed by atoms with Gasteiger partial charge in [-0.3, -0.25) is 0 Å². The first-order valence-electron chi connectivity index (χ1n) is 9.62. The maximum absolute atomic E-state index is 11.3. The van der Waals surface area contributed by atoms with E-state index in [4.69, 9.17) is 9.72 Å². The molecule has 144 valence electrons. The highest BCUT2D eigenvalue weighted by Crippen LogP contribution is 2.39.